The van der Waals surface area contributed by atoms with Crippen molar-refractivity contribution in [2.75, 3.05) is 12.4 Å². The summed E-state index contributed by atoms with van der Waals surface area (Å²) < 4.78 is 0. The molecule has 2 heterocycles. The van der Waals surface area contributed by atoms with Gasteiger partial charge in [-0.1, -0.05) is 36.0 Å². The van der Waals surface area contributed by atoms with Gasteiger partial charge in [0.1, 0.15) is 0 Å². The van der Waals surface area contributed by atoms with E-state index in [0.29, 0.717) is 16.8 Å². The number of benzene rings is 3. The summed E-state index contributed by atoms with van der Waals surface area (Å²) in [6.45, 7) is 0. The first-order valence-corrected chi connectivity index (χ1v) is 12.4. The van der Waals surface area contributed by atoms with Crippen LogP contribution in [0.2, 0.25) is 0 Å². The van der Waals surface area contributed by atoms with Gasteiger partial charge in [0.15, 0.2) is 0 Å². The van der Waals surface area contributed by atoms with Gasteiger partial charge in [0.2, 0.25) is 0 Å². The minimum absolute atomic E-state index is 0.211. The molecule has 0 atom stereocenters. The summed E-state index contributed by atoms with van der Waals surface area (Å²) in [5, 5.41) is 14.0. The number of carbonyl (C=O) groups is 2. The molecule has 3 N–H and O–H groups in total. The van der Waals surface area contributed by atoms with Crippen molar-refractivity contribution in [3.05, 3.63) is 114 Å². The van der Waals surface area contributed by atoms with Crippen LogP contribution < -0.4 is 10.6 Å². The van der Waals surface area contributed by atoms with Crippen LogP contribution >= 0.6 is 11.8 Å². The van der Waals surface area contributed by atoms with Gasteiger partial charge in [0.25, 0.3) is 11.8 Å². The summed E-state index contributed by atoms with van der Waals surface area (Å²) in [4.78, 5) is 31.2. The molecule has 5 rings (SSSR count). The largest absolute Gasteiger partial charge is 0.355 e. The van der Waals surface area contributed by atoms with E-state index < -0.39 is 0 Å². The second kappa shape index (κ2) is 10.9. The maximum atomic E-state index is 13.1. The number of hydrogen-bond donors (Lipinski definition) is 3. The number of H-pyrrole nitrogens is 1. The molecule has 2 amide bonds. The van der Waals surface area contributed by atoms with Crippen molar-refractivity contribution in [2.24, 2.45) is 0 Å². The lowest BCUT2D eigenvalue weighted by atomic mass is 10.1. The molecule has 37 heavy (non-hydrogen) atoms. The van der Waals surface area contributed by atoms with E-state index in [1.807, 2.05) is 66.7 Å². The molecule has 0 bridgehead atoms. The molecule has 0 saturated carbocycles. The highest BCUT2D eigenvalue weighted by Gasteiger charge is 2.14. The molecule has 7 nitrogen and oxygen atoms in total. The molecule has 2 aromatic heterocycles. The monoisotopic (exact) mass is 505 g/mol. The van der Waals surface area contributed by atoms with E-state index in [9.17, 15) is 9.59 Å². The van der Waals surface area contributed by atoms with Crippen LogP contribution in [0.5, 0.6) is 0 Å². The summed E-state index contributed by atoms with van der Waals surface area (Å²) in [7, 11) is 1.57. The van der Waals surface area contributed by atoms with Crippen LogP contribution in [0.4, 0.5) is 5.69 Å². The topological polar surface area (TPSA) is 99.8 Å². The van der Waals surface area contributed by atoms with Gasteiger partial charge in [-0.15, -0.1) is 0 Å². The van der Waals surface area contributed by atoms with Crippen LogP contribution in [0.3, 0.4) is 0 Å². The normalized spacial score (nSPS) is 11.1. The standard InChI is InChI=1S/C29H23N5O2S/c1-30-28(35)19-7-6-9-21(17-19)32-29(36)24-10-2-3-11-27(24)37-22-13-14-23-25(33-34-26(23)18-22)15-12-20-8-4-5-16-31-20/h2-18H,1H3,(H,30,35)(H,32,36)(H,33,34)/b15-12+. The predicted molar refractivity (Wildman–Crippen MR) is 148 cm³/mol. The number of pyridine rings is 1. The Bertz CT molecular complexity index is 1610. The van der Waals surface area contributed by atoms with E-state index in [0.717, 1.165) is 32.1 Å². The molecule has 0 aliphatic rings. The summed E-state index contributed by atoms with van der Waals surface area (Å²) in [6, 6.07) is 26.1. The summed E-state index contributed by atoms with van der Waals surface area (Å²) in [5.74, 6) is -0.460. The molecule has 8 heteroatoms. The van der Waals surface area contributed by atoms with Crippen molar-refractivity contribution >= 4 is 52.3 Å². The molecule has 0 saturated heterocycles. The number of fused-ring (bicyclic) bond motifs is 1. The lowest BCUT2D eigenvalue weighted by molar-refractivity contribution is 0.0961. The zero-order chi connectivity index (χ0) is 25.6. The van der Waals surface area contributed by atoms with Gasteiger partial charge in [-0.05, 0) is 72.8 Å². The molecule has 0 aliphatic carbocycles. The summed E-state index contributed by atoms with van der Waals surface area (Å²) in [6.07, 6.45) is 5.62. The van der Waals surface area contributed by atoms with Crippen molar-refractivity contribution in [1.29, 1.82) is 0 Å². The Morgan fingerprint density at radius 2 is 1.76 bits per heavy atom. The van der Waals surface area contributed by atoms with Crippen LogP contribution in [0.15, 0.2) is 101 Å². The van der Waals surface area contributed by atoms with E-state index in [1.54, 1.807) is 43.6 Å². The van der Waals surface area contributed by atoms with Crippen molar-refractivity contribution in [2.45, 2.75) is 9.79 Å². The second-order valence-electron chi connectivity index (χ2n) is 8.12. The van der Waals surface area contributed by atoms with E-state index in [1.165, 1.54) is 11.8 Å². The third kappa shape index (κ3) is 5.60. The predicted octanol–water partition coefficient (Wildman–Crippen LogP) is 5.89. The Kier molecular flexibility index (Phi) is 7.09. The van der Waals surface area contributed by atoms with Gasteiger partial charge < -0.3 is 10.6 Å². The van der Waals surface area contributed by atoms with E-state index in [-0.39, 0.29) is 11.8 Å². The van der Waals surface area contributed by atoms with E-state index in [4.69, 9.17) is 0 Å². The highest BCUT2D eigenvalue weighted by Crippen LogP contribution is 2.33. The van der Waals surface area contributed by atoms with Gasteiger partial charge in [-0.25, -0.2) is 0 Å². The van der Waals surface area contributed by atoms with Crippen molar-refractivity contribution in [3.8, 4) is 0 Å². The van der Waals surface area contributed by atoms with Crippen LogP contribution in [-0.2, 0) is 0 Å². The Morgan fingerprint density at radius 1 is 0.892 bits per heavy atom. The summed E-state index contributed by atoms with van der Waals surface area (Å²) in [5.41, 5.74) is 4.17. The lowest BCUT2D eigenvalue weighted by Crippen LogP contribution is -2.18. The second-order valence-corrected chi connectivity index (χ2v) is 9.23. The minimum Gasteiger partial charge on any atom is -0.355 e. The van der Waals surface area contributed by atoms with Crippen LogP contribution in [-0.4, -0.2) is 34.0 Å². The number of carbonyl (C=O) groups excluding carboxylic acids is 2. The molecule has 5 aromatic rings. The van der Waals surface area contributed by atoms with Crippen LogP contribution in [0, 0.1) is 0 Å². The maximum absolute atomic E-state index is 13.1. The number of nitrogens with one attached hydrogen (secondary N) is 3. The third-order valence-electron chi connectivity index (χ3n) is 5.63. The number of aromatic amines is 1. The Hall–Kier alpha value is -4.69. The highest BCUT2D eigenvalue weighted by atomic mass is 32.2. The maximum Gasteiger partial charge on any atom is 0.256 e. The number of aromatic nitrogens is 3. The number of anilines is 1. The molecule has 0 aliphatic heterocycles. The fraction of sp³-hybridized carbons (Fsp3) is 0.0345. The summed E-state index contributed by atoms with van der Waals surface area (Å²) >= 11 is 1.50. The van der Waals surface area contributed by atoms with Gasteiger partial charge >= 0.3 is 0 Å². The molecular formula is C29H23N5O2S. The Morgan fingerprint density at radius 3 is 2.59 bits per heavy atom. The SMILES string of the molecule is CNC(=O)c1cccc(NC(=O)c2ccccc2Sc2ccc3c(/C=C/c4ccccn4)n[nH]c3c2)c1. The average molecular weight is 506 g/mol. The number of amides is 2. The molecular weight excluding hydrogens is 482 g/mol. The molecule has 0 unspecified atom stereocenters. The van der Waals surface area contributed by atoms with Gasteiger partial charge in [-0.2, -0.15) is 5.10 Å². The van der Waals surface area contributed by atoms with Gasteiger partial charge in [0.05, 0.1) is 22.5 Å². The first kappa shape index (κ1) is 24.0. The zero-order valence-corrected chi connectivity index (χ0v) is 20.8. The number of nitrogens with zero attached hydrogens (tertiary/aromatic N) is 2. The van der Waals surface area contributed by atoms with Crippen molar-refractivity contribution < 1.29 is 9.59 Å². The fourth-order valence-corrected chi connectivity index (χ4v) is 4.78. The minimum atomic E-state index is -0.248. The van der Waals surface area contributed by atoms with E-state index >= 15 is 0 Å². The average Bonchev–Trinajstić information content (AvgIpc) is 3.34. The van der Waals surface area contributed by atoms with Crippen LogP contribution in [0.1, 0.15) is 32.1 Å². The molecule has 0 fully saturated rings. The highest BCUT2D eigenvalue weighted by molar-refractivity contribution is 7.99. The van der Waals surface area contributed by atoms with Crippen LogP contribution in [0.25, 0.3) is 23.1 Å². The lowest BCUT2D eigenvalue weighted by Gasteiger charge is -2.11. The smallest absolute Gasteiger partial charge is 0.256 e. The van der Waals surface area contributed by atoms with E-state index in [2.05, 4.69) is 25.8 Å². The zero-order valence-electron chi connectivity index (χ0n) is 19.9. The van der Waals surface area contributed by atoms with Crippen molar-refractivity contribution in [3.63, 3.8) is 0 Å². The molecule has 0 spiro atoms. The number of rotatable bonds is 7. The first-order valence-electron chi connectivity index (χ1n) is 11.6. The molecule has 182 valence electrons. The Labute approximate surface area is 218 Å². The van der Waals surface area contributed by atoms with Gasteiger partial charge in [-0.3, -0.25) is 19.7 Å². The molecule has 0 radical (unpaired) electrons. The van der Waals surface area contributed by atoms with Gasteiger partial charge in [0, 0.05) is 39.7 Å². The molecule has 3 aromatic carbocycles. The fourth-order valence-electron chi connectivity index (χ4n) is 3.80. The van der Waals surface area contributed by atoms with Crippen molar-refractivity contribution in [1.82, 2.24) is 20.5 Å². The number of hydrogen-bond acceptors (Lipinski definition) is 5. The third-order valence-corrected chi connectivity index (χ3v) is 6.70. The first-order chi connectivity index (χ1) is 18.1. The quantitative estimate of drug-likeness (QED) is 0.256. The Balaban J connectivity index is 1.35.